The number of hydrogen-bond donors (Lipinski definition) is 0. The molecule has 78 valence electrons. The second-order valence-electron chi connectivity index (χ2n) is 3.12. The van der Waals surface area contributed by atoms with Crippen LogP contribution in [0.5, 0.6) is 0 Å². The number of likely N-dealkylation sites (N-methyl/N-ethyl adjacent to an activating group) is 1. The summed E-state index contributed by atoms with van der Waals surface area (Å²) in [6.07, 6.45) is 7.00. The Labute approximate surface area is 90.5 Å². The van der Waals surface area contributed by atoms with Crippen molar-refractivity contribution in [3.63, 3.8) is 0 Å². The quantitative estimate of drug-likeness (QED) is 0.544. The number of nitrogens with zero attached hydrogens (tertiary/aromatic N) is 1. The highest BCUT2D eigenvalue weighted by Crippen LogP contribution is 2.11. The zero-order chi connectivity index (χ0) is 11.1. The Morgan fingerprint density at radius 1 is 1.20 bits per heavy atom. The van der Waals surface area contributed by atoms with Crippen molar-refractivity contribution >= 4 is 11.6 Å². The Balaban J connectivity index is 2.69. The third-order valence-corrected chi connectivity index (χ3v) is 2.02. The van der Waals surface area contributed by atoms with E-state index in [1.54, 1.807) is 24.1 Å². The number of benzene rings is 1. The van der Waals surface area contributed by atoms with E-state index in [1.165, 1.54) is 0 Å². The first-order valence-corrected chi connectivity index (χ1v) is 4.88. The molecule has 1 amide bonds. The van der Waals surface area contributed by atoms with Crippen LogP contribution in [0.2, 0.25) is 0 Å². The molecule has 2 heteroatoms. The van der Waals surface area contributed by atoms with E-state index in [9.17, 15) is 4.79 Å². The molecule has 15 heavy (non-hydrogen) atoms. The van der Waals surface area contributed by atoms with Gasteiger partial charge in [-0.05, 0) is 19.1 Å². The summed E-state index contributed by atoms with van der Waals surface area (Å²) in [6, 6.07) is 9.56. The third-order valence-electron chi connectivity index (χ3n) is 2.02. The predicted molar refractivity (Wildman–Crippen MR) is 63.8 cm³/mol. The lowest BCUT2D eigenvalue weighted by molar-refractivity contribution is -0.113. The van der Waals surface area contributed by atoms with Crippen LogP contribution in [-0.2, 0) is 4.79 Å². The number of carbonyl (C=O) groups excluding carboxylic acids is 1. The Hall–Kier alpha value is -1.83. The number of rotatable bonds is 3. The van der Waals surface area contributed by atoms with E-state index in [0.29, 0.717) is 0 Å². The SMILES string of the molecule is C/C=C/C=C/C(=O)N(C)c1ccccc1. The van der Waals surface area contributed by atoms with Gasteiger partial charge in [0.1, 0.15) is 0 Å². The van der Waals surface area contributed by atoms with Gasteiger partial charge in [-0.1, -0.05) is 36.4 Å². The molecule has 0 heterocycles. The van der Waals surface area contributed by atoms with Crippen LogP contribution in [0.15, 0.2) is 54.6 Å². The fraction of sp³-hybridized carbons (Fsp3) is 0.154. The Morgan fingerprint density at radius 3 is 2.47 bits per heavy atom. The summed E-state index contributed by atoms with van der Waals surface area (Å²) in [4.78, 5) is 13.2. The Kier molecular flexibility index (Phi) is 4.35. The van der Waals surface area contributed by atoms with Gasteiger partial charge in [-0.2, -0.15) is 0 Å². The number of hydrogen-bond acceptors (Lipinski definition) is 1. The van der Waals surface area contributed by atoms with Crippen molar-refractivity contribution in [3.05, 3.63) is 54.6 Å². The van der Waals surface area contributed by atoms with E-state index < -0.39 is 0 Å². The number of allylic oxidation sites excluding steroid dienone is 3. The molecule has 0 aliphatic heterocycles. The lowest BCUT2D eigenvalue weighted by Crippen LogP contribution is -2.23. The largest absolute Gasteiger partial charge is 0.312 e. The molecule has 0 N–H and O–H groups in total. The summed E-state index contributed by atoms with van der Waals surface area (Å²) in [6.45, 7) is 1.91. The van der Waals surface area contributed by atoms with Crippen molar-refractivity contribution in [1.29, 1.82) is 0 Å². The van der Waals surface area contributed by atoms with Gasteiger partial charge >= 0.3 is 0 Å². The maximum atomic E-state index is 11.6. The van der Waals surface area contributed by atoms with E-state index in [0.717, 1.165) is 5.69 Å². The normalized spacial score (nSPS) is 11.1. The highest BCUT2D eigenvalue weighted by molar-refractivity contribution is 6.01. The van der Waals surface area contributed by atoms with Gasteiger partial charge in [0.25, 0.3) is 5.91 Å². The predicted octanol–water partition coefficient (Wildman–Crippen LogP) is 2.78. The summed E-state index contributed by atoms with van der Waals surface area (Å²) < 4.78 is 0. The van der Waals surface area contributed by atoms with Gasteiger partial charge in [0, 0.05) is 18.8 Å². The summed E-state index contributed by atoms with van der Waals surface area (Å²) in [5.41, 5.74) is 0.896. The van der Waals surface area contributed by atoms with E-state index in [1.807, 2.05) is 49.4 Å². The average Bonchev–Trinajstić information content (AvgIpc) is 2.29. The van der Waals surface area contributed by atoms with Crippen LogP contribution in [-0.4, -0.2) is 13.0 Å². The monoisotopic (exact) mass is 201 g/mol. The minimum absolute atomic E-state index is 0.0284. The molecule has 0 saturated carbocycles. The van der Waals surface area contributed by atoms with Gasteiger partial charge in [-0.3, -0.25) is 4.79 Å². The zero-order valence-corrected chi connectivity index (χ0v) is 9.05. The molecule has 0 aliphatic rings. The van der Waals surface area contributed by atoms with Gasteiger partial charge in [-0.15, -0.1) is 0 Å². The molecule has 0 aliphatic carbocycles. The number of amides is 1. The van der Waals surface area contributed by atoms with Gasteiger partial charge in [0.05, 0.1) is 0 Å². The van der Waals surface area contributed by atoms with Crippen molar-refractivity contribution in [3.8, 4) is 0 Å². The second kappa shape index (κ2) is 5.81. The van der Waals surface area contributed by atoms with Crippen LogP contribution in [0.1, 0.15) is 6.92 Å². The van der Waals surface area contributed by atoms with Crippen LogP contribution < -0.4 is 4.90 Å². The molecular formula is C13H15NO. The lowest BCUT2D eigenvalue weighted by Gasteiger charge is -2.14. The molecule has 0 unspecified atom stereocenters. The molecule has 1 rings (SSSR count). The maximum absolute atomic E-state index is 11.6. The van der Waals surface area contributed by atoms with Gasteiger partial charge in [-0.25, -0.2) is 0 Å². The van der Waals surface area contributed by atoms with Gasteiger partial charge in [0.2, 0.25) is 0 Å². The standard InChI is InChI=1S/C13H15NO/c1-3-4-6-11-13(15)14(2)12-9-7-5-8-10-12/h3-11H,1-2H3/b4-3+,11-6+. The smallest absolute Gasteiger partial charge is 0.250 e. The van der Waals surface area contributed by atoms with E-state index in [2.05, 4.69) is 0 Å². The third kappa shape index (κ3) is 3.43. The summed E-state index contributed by atoms with van der Waals surface area (Å²) >= 11 is 0. The van der Waals surface area contributed by atoms with Crippen LogP contribution in [0.3, 0.4) is 0 Å². The van der Waals surface area contributed by atoms with Crippen molar-refractivity contribution in [1.82, 2.24) is 0 Å². The lowest BCUT2D eigenvalue weighted by atomic mass is 10.3. The van der Waals surface area contributed by atoms with Crippen LogP contribution >= 0.6 is 0 Å². The molecule has 2 nitrogen and oxygen atoms in total. The minimum atomic E-state index is -0.0284. The van der Waals surface area contributed by atoms with Crippen LogP contribution in [0, 0.1) is 0 Å². The molecule has 1 aromatic rings. The van der Waals surface area contributed by atoms with Crippen LogP contribution in [0.4, 0.5) is 5.69 Å². The Bertz CT molecular complexity index is 365. The van der Waals surface area contributed by atoms with E-state index >= 15 is 0 Å². The first kappa shape index (κ1) is 11.2. The summed E-state index contributed by atoms with van der Waals surface area (Å²) in [5.74, 6) is -0.0284. The molecule has 0 atom stereocenters. The molecule has 0 spiro atoms. The molecule has 0 aromatic heterocycles. The first-order chi connectivity index (χ1) is 7.25. The van der Waals surface area contributed by atoms with Crippen molar-refractivity contribution in [2.75, 3.05) is 11.9 Å². The number of para-hydroxylation sites is 1. The molecule has 0 radical (unpaired) electrons. The number of carbonyl (C=O) groups is 1. The highest BCUT2D eigenvalue weighted by atomic mass is 16.2. The van der Waals surface area contributed by atoms with Gasteiger partial charge in [0.15, 0.2) is 0 Å². The molecule has 0 bridgehead atoms. The minimum Gasteiger partial charge on any atom is -0.312 e. The summed E-state index contributed by atoms with van der Waals surface area (Å²) in [7, 11) is 1.76. The maximum Gasteiger partial charge on any atom is 0.250 e. The van der Waals surface area contributed by atoms with E-state index in [4.69, 9.17) is 0 Å². The van der Waals surface area contributed by atoms with Crippen molar-refractivity contribution in [2.24, 2.45) is 0 Å². The van der Waals surface area contributed by atoms with E-state index in [-0.39, 0.29) is 5.91 Å². The first-order valence-electron chi connectivity index (χ1n) is 4.88. The molecule has 1 aromatic carbocycles. The zero-order valence-electron chi connectivity index (χ0n) is 9.05. The molecule has 0 fully saturated rings. The van der Waals surface area contributed by atoms with Crippen molar-refractivity contribution < 1.29 is 4.79 Å². The van der Waals surface area contributed by atoms with Crippen molar-refractivity contribution in [2.45, 2.75) is 6.92 Å². The molecule has 0 saturated heterocycles. The highest BCUT2D eigenvalue weighted by Gasteiger charge is 2.05. The van der Waals surface area contributed by atoms with Gasteiger partial charge < -0.3 is 4.90 Å². The number of anilines is 1. The topological polar surface area (TPSA) is 20.3 Å². The molecular weight excluding hydrogens is 186 g/mol. The fourth-order valence-electron chi connectivity index (χ4n) is 1.14. The Morgan fingerprint density at radius 2 is 1.87 bits per heavy atom. The fourth-order valence-corrected chi connectivity index (χ4v) is 1.14. The van der Waals surface area contributed by atoms with Crippen LogP contribution in [0.25, 0.3) is 0 Å². The second-order valence-corrected chi connectivity index (χ2v) is 3.12. The average molecular weight is 201 g/mol. The summed E-state index contributed by atoms with van der Waals surface area (Å²) in [5, 5.41) is 0.